The van der Waals surface area contributed by atoms with Gasteiger partial charge in [0.25, 0.3) is 0 Å². The van der Waals surface area contributed by atoms with Crippen molar-refractivity contribution in [3.63, 3.8) is 0 Å². The first-order valence-corrected chi connectivity index (χ1v) is 11.5. The van der Waals surface area contributed by atoms with E-state index in [0.29, 0.717) is 31.6 Å². The largest absolute Gasteiger partial charge is 0.391 e. The SMILES string of the molecule is CCC1SC[C@@H](C(=O)N[C@H](C(N)=O)[C@@H](C)O)N1C(=O)[C@@H]1CCCN1C(=O)[C@@H](N)[C@@H](C)O. The van der Waals surface area contributed by atoms with Gasteiger partial charge in [-0.3, -0.25) is 19.2 Å². The van der Waals surface area contributed by atoms with E-state index in [1.54, 1.807) is 0 Å². The van der Waals surface area contributed by atoms with Crippen molar-refractivity contribution in [2.24, 2.45) is 11.5 Å². The fourth-order valence-corrected chi connectivity index (χ4v) is 5.28. The molecule has 0 aliphatic carbocycles. The summed E-state index contributed by atoms with van der Waals surface area (Å²) in [4.78, 5) is 53.5. The molecule has 0 saturated carbocycles. The number of hydrogen-bond acceptors (Lipinski definition) is 8. The summed E-state index contributed by atoms with van der Waals surface area (Å²) in [6, 6.07) is -4.05. The summed E-state index contributed by atoms with van der Waals surface area (Å²) in [7, 11) is 0. The van der Waals surface area contributed by atoms with Crippen LogP contribution in [-0.2, 0) is 19.2 Å². The third-order valence-corrected chi connectivity index (χ3v) is 7.16. The van der Waals surface area contributed by atoms with Gasteiger partial charge in [-0.2, -0.15) is 0 Å². The summed E-state index contributed by atoms with van der Waals surface area (Å²) in [5.74, 6) is -2.02. The van der Waals surface area contributed by atoms with Crippen molar-refractivity contribution in [1.82, 2.24) is 15.1 Å². The number of aliphatic hydroxyl groups is 2. The predicted molar refractivity (Wildman–Crippen MR) is 114 cm³/mol. The Balaban J connectivity index is 2.23. The Morgan fingerprint density at radius 2 is 1.81 bits per heavy atom. The summed E-state index contributed by atoms with van der Waals surface area (Å²) >= 11 is 1.44. The standard InChI is InChI=1S/C19H33N5O6S/c1-4-13-24(12(8-31-13)17(28)22-15(10(3)26)16(21)27)18(29)11-6-5-7-23(11)19(30)14(20)9(2)25/h9-15,25-26H,4-8,20H2,1-3H3,(H2,21,27)(H,22,28)/t9-,10-,11+,12+,13?,14+,15+/m1/s1. The van der Waals surface area contributed by atoms with Crippen LogP contribution in [0.3, 0.4) is 0 Å². The lowest BCUT2D eigenvalue weighted by atomic mass is 10.1. The lowest BCUT2D eigenvalue weighted by Gasteiger charge is -2.35. The van der Waals surface area contributed by atoms with E-state index in [2.05, 4.69) is 5.32 Å². The number of carbonyl (C=O) groups excluding carboxylic acids is 4. The molecule has 11 nitrogen and oxygen atoms in total. The number of thioether (sulfide) groups is 1. The molecule has 0 spiro atoms. The highest BCUT2D eigenvalue weighted by Gasteiger charge is 2.47. The number of amides is 4. The Labute approximate surface area is 185 Å². The number of nitrogens with two attached hydrogens (primary N) is 2. The van der Waals surface area contributed by atoms with Crippen LogP contribution in [0.2, 0.25) is 0 Å². The van der Waals surface area contributed by atoms with E-state index in [1.165, 1.54) is 35.4 Å². The number of rotatable bonds is 8. The molecule has 2 rings (SSSR count). The predicted octanol–water partition coefficient (Wildman–Crippen LogP) is -2.28. The average Bonchev–Trinajstić information content (AvgIpc) is 3.36. The van der Waals surface area contributed by atoms with Gasteiger partial charge in [-0.1, -0.05) is 6.92 Å². The molecular weight excluding hydrogens is 426 g/mol. The maximum absolute atomic E-state index is 13.5. The van der Waals surface area contributed by atoms with Crippen molar-refractivity contribution >= 4 is 35.4 Å². The number of nitrogens with zero attached hydrogens (tertiary/aromatic N) is 2. The van der Waals surface area contributed by atoms with Crippen LogP contribution in [0.15, 0.2) is 0 Å². The van der Waals surface area contributed by atoms with E-state index < -0.39 is 54.1 Å². The average molecular weight is 460 g/mol. The zero-order chi connectivity index (χ0) is 23.5. The lowest BCUT2D eigenvalue weighted by Crippen LogP contribution is -2.60. The Morgan fingerprint density at radius 1 is 1.16 bits per heavy atom. The van der Waals surface area contributed by atoms with Gasteiger partial charge >= 0.3 is 0 Å². The van der Waals surface area contributed by atoms with E-state index in [1.807, 2.05) is 6.92 Å². The van der Waals surface area contributed by atoms with Crippen molar-refractivity contribution in [3.05, 3.63) is 0 Å². The van der Waals surface area contributed by atoms with Crippen molar-refractivity contribution in [2.75, 3.05) is 12.3 Å². The van der Waals surface area contributed by atoms with Crippen LogP contribution in [0.1, 0.15) is 40.0 Å². The third kappa shape index (κ3) is 5.48. The molecule has 0 aromatic heterocycles. The summed E-state index contributed by atoms with van der Waals surface area (Å²) in [5, 5.41) is 21.6. The van der Waals surface area contributed by atoms with Crippen LogP contribution in [0.25, 0.3) is 0 Å². The second-order valence-corrected chi connectivity index (χ2v) is 9.25. The summed E-state index contributed by atoms with van der Waals surface area (Å²) in [6.07, 6.45) is -0.620. The Bertz CT molecular complexity index is 705. The molecule has 7 atom stereocenters. The van der Waals surface area contributed by atoms with Crippen LogP contribution in [0, 0.1) is 0 Å². The van der Waals surface area contributed by atoms with Crippen LogP contribution < -0.4 is 16.8 Å². The number of hydrogen-bond donors (Lipinski definition) is 5. The Hall–Kier alpha value is -1.89. The monoisotopic (exact) mass is 459 g/mol. The number of primary amides is 1. The van der Waals surface area contributed by atoms with Gasteiger partial charge < -0.3 is 36.8 Å². The smallest absolute Gasteiger partial charge is 0.246 e. The van der Waals surface area contributed by atoms with Gasteiger partial charge in [0.1, 0.15) is 24.2 Å². The molecule has 0 bridgehead atoms. The molecule has 0 aromatic carbocycles. The zero-order valence-electron chi connectivity index (χ0n) is 18.1. The van der Waals surface area contributed by atoms with Crippen LogP contribution >= 0.6 is 11.8 Å². The molecule has 0 aromatic rings. The molecule has 2 aliphatic heterocycles. The Morgan fingerprint density at radius 3 is 2.32 bits per heavy atom. The van der Waals surface area contributed by atoms with Crippen LogP contribution in [0.5, 0.6) is 0 Å². The number of aliphatic hydroxyl groups excluding tert-OH is 2. The number of likely N-dealkylation sites (tertiary alicyclic amines) is 1. The quantitative estimate of drug-likeness (QED) is 0.269. The normalized spacial score (nSPS) is 27.5. The molecular formula is C19H33N5O6S. The van der Waals surface area contributed by atoms with Gasteiger partial charge in [-0.25, -0.2) is 0 Å². The molecule has 31 heavy (non-hydrogen) atoms. The van der Waals surface area contributed by atoms with Crippen LogP contribution in [-0.4, -0.2) is 97.7 Å². The van der Waals surface area contributed by atoms with Gasteiger partial charge in [-0.15, -0.1) is 11.8 Å². The van der Waals surface area contributed by atoms with Gasteiger partial charge in [0.05, 0.1) is 17.6 Å². The van der Waals surface area contributed by atoms with Crippen molar-refractivity contribution < 1.29 is 29.4 Å². The highest BCUT2D eigenvalue weighted by atomic mass is 32.2. The first kappa shape index (κ1) is 25.4. The van der Waals surface area contributed by atoms with Crippen molar-refractivity contribution in [3.8, 4) is 0 Å². The molecule has 1 unspecified atom stereocenters. The minimum atomic E-state index is -1.27. The lowest BCUT2D eigenvalue weighted by molar-refractivity contribution is -0.149. The minimum Gasteiger partial charge on any atom is -0.391 e. The van der Waals surface area contributed by atoms with Gasteiger partial charge in [0, 0.05) is 12.3 Å². The molecule has 2 heterocycles. The second-order valence-electron chi connectivity index (χ2n) is 8.04. The zero-order valence-corrected chi connectivity index (χ0v) is 18.9. The molecule has 2 saturated heterocycles. The maximum atomic E-state index is 13.5. The minimum absolute atomic E-state index is 0.273. The summed E-state index contributed by atoms with van der Waals surface area (Å²) < 4.78 is 0. The van der Waals surface area contributed by atoms with Crippen molar-refractivity contribution in [2.45, 2.75) is 81.8 Å². The summed E-state index contributed by atoms with van der Waals surface area (Å²) in [5.41, 5.74) is 11.1. The second kappa shape index (κ2) is 10.6. The molecule has 2 aliphatic rings. The van der Waals surface area contributed by atoms with Gasteiger partial charge in [0.2, 0.25) is 23.6 Å². The van der Waals surface area contributed by atoms with E-state index in [-0.39, 0.29) is 11.3 Å². The van der Waals surface area contributed by atoms with Crippen LogP contribution in [0.4, 0.5) is 0 Å². The third-order valence-electron chi connectivity index (χ3n) is 5.71. The van der Waals surface area contributed by atoms with Gasteiger partial charge in [0.15, 0.2) is 0 Å². The van der Waals surface area contributed by atoms with Gasteiger partial charge in [-0.05, 0) is 33.1 Å². The van der Waals surface area contributed by atoms with E-state index in [4.69, 9.17) is 11.5 Å². The van der Waals surface area contributed by atoms with Crippen molar-refractivity contribution in [1.29, 1.82) is 0 Å². The fraction of sp³-hybridized carbons (Fsp3) is 0.789. The highest BCUT2D eigenvalue weighted by molar-refractivity contribution is 8.00. The van der Waals surface area contributed by atoms with E-state index in [9.17, 15) is 29.4 Å². The Kier molecular flexibility index (Phi) is 8.69. The molecule has 176 valence electrons. The van der Waals surface area contributed by atoms with E-state index >= 15 is 0 Å². The first-order chi connectivity index (χ1) is 14.5. The maximum Gasteiger partial charge on any atom is 0.246 e. The molecule has 4 amide bonds. The fourth-order valence-electron chi connectivity index (χ4n) is 3.91. The number of carbonyl (C=O) groups is 4. The first-order valence-electron chi connectivity index (χ1n) is 10.5. The highest BCUT2D eigenvalue weighted by Crippen LogP contribution is 2.34. The summed E-state index contributed by atoms with van der Waals surface area (Å²) in [6.45, 7) is 4.99. The molecule has 12 heteroatoms. The molecule has 0 radical (unpaired) electrons. The number of nitrogens with one attached hydrogen (secondary N) is 1. The molecule has 2 fully saturated rings. The topological polar surface area (TPSA) is 179 Å². The van der Waals surface area contributed by atoms with E-state index in [0.717, 1.165) is 0 Å². The molecule has 7 N–H and O–H groups in total.